The molecule has 0 aromatic heterocycles. The molecule has 0 fully saturated rings. The molecule has 0 bridgehead atoms. The van der Waals surface area contributed by atoms with Crippen molar-refractivity contribution < 1.29 is 19.1 Å². The van der Waals surface area contributed by atoms with E-state index in [1.807, 2.05) is 30.3 Å². The Kier molecular flexibility index (Phi) is 5.47. The van der Waals surface area contributed by atoms with E-state index in [1.54, 1.807) is 25.1 Å². The lowest BCUT2D eigenvalue weighted by molar-refractivity contribution is -0.131. The van der Waals surface area contributed by atoms with Gasteiger partial charge in [0.25, 0.3) is 0 Å². The minimum absolute atomic E-state index is 0.0893. The number of benzene rings is 2. The Hall–Kier alpha value is -2.79. The van der Waals surface area contributed by atoms with E-state index in [4.69, 9.17) is 0 Å². The van der Waals surface area contributed by atoms with Gasteiger partial charge in [0.15, 0.2) is 5.78 Å². The monoisotopic (exact) mass is 381 g/mol. The molecule has 2 N–H and O–H groups in total. The molecule has 28 heavy (non-hydrogen) atoms. The van der Waals surface area contributed by atoms with Crippen molar-refractivity contribution in [3.05, 3.63) is 77.2 Å². The van der Waals surface area contributed by atoms with Crippen molar-refractivity contribution >= 4 is 17.3 Å². The largest absolute Gasteiger partial charge is 0.389 e. The number of para-hydroxylation sites is 1. The Morgan fingerprint density at radius 3 is 2.25 bits per heavy atom. The first-order valence-corrected chi connectivity index (χ1v) is 9.25. The zero-order valence-corrected chi connectivity index (χ0v) is 16.2. The highest BCUT2D eigenvalue weighted by atomic mass is 19.1. The van der Waals surface area contributed by atoms with E-state index < -0.39 is 23.3 Å². The third kappa shape index (κ3) is 3.76. The van der Waals surface area contributed by atoms with Crippen molar-refractivity contribution in [2.75, 3.05) is 5.32 Å². The van der Waals surface area contributed by atoms with Crippen LogP contribution in [0.1, 0.15) is 38.7 Å². The van der Waals surface area contributed by atoms with Crippen LogP contribution < -0.4 is 5.32 Å². The third-order valence-electron chi connectivity index (χ3n) is 5.30. The van der Waals surface area contributed by atoms with E-state index in [2.05, 4.69) is 5.32 Å². The number of Topliss-reactive ketones (excluding diaryl/α,β-unsaturated/α-hetero) is 2. The first-order chi connectivity index (χ1) is 13.2. The van der Waals surface area contributed by atoms with Gasteiger partial charge in [-0.1, -0.05) is 36.4 Å². The normalized spacial score (nSPS) is 24.8. The first-order valence-electron chi connectivity index (χ1n) is 9.25. The summed E-state index contributed by atoms with van der Waals surface area (Å²) in [6.07, 6.45) is 0.0893. The van der Waals surface area contributed by atoms with Crippen molar-refractivity contribution in [1.29, 1.82) is 0 Å². The van der Waals surface area contributed by atoms with Crippen LogP contribution in [0.15, 0.2) is 65.9 Å². The molecule has 146 valence electrons. The number of nitrogens with one attached hydrogen (secondary N) is 1. The van der Waals surface area contributed by atoms with Crippen LogP contribution in [-0.4, -0.2) is 22.3 Å². The van der Waals surface area contributed by atoms with Crippen molar-refractivity contribution in [1.82, 2.24) is 0 Å². The standard InChI is InChI=1S/C23H24FNO3/c1-14(26)20-19(25-16-9-5-4-6-10-16)13-23(3,28)22(15(2)27)21(20)17-11-7-8-12-18(17)24/h4-12,21-22,25,28H,13H2,1-3H3/t21-,22-,23+/m1/s1. The fourth-order valence-electron chi connectivity index (χ4n) is 4.25. The zero-order chi connectivity index (χ0) is 20.5. The van der Waals surface area contributed by atoms with Crippen LogP contribution in [0, 0.1) is 11.7 Å². The van der Waals surface area contributed by atoms with Crippen molar-refractivity contribution in [3.63, 3.8) is 0 Å². The van der Waals surface area contributed by atoms with Gasteiger partial charge < -0.3 is 10.4 Å². The van der Waals surface area contributed by atoms with Gasteiger partial charge in [-0.05, 0) is 44.5 Å². The maximum atomic E-state index is 14.7. The average molecular weight is 381 g/mol. The van der Waals surface area contributed by atoms with E-state index >= 15 is 0 Å². The summed E-state index contributed by atoms with van der Waals surface area (Å²) in [5.41, 5.74) is 0.394. The SMILES string of the molecule is CC(=O)C1=C(Nc2ccccc2)C[C@](C)(O)[C@H](C(C)=O)[C@@H]1c1ccccc1F. The zero-order valence-electron chi connectivity index (χ0n) is 16.2. The van der Waals surface area contributed by atoms with Crippen LogP contribution in [-0.2, 0) is 9.59 Å². The second kappa shape index (κ2) is 7.68. The Morgan fingerprint density at radius 1 is 1.07 bits per heavy atom. The second-order valence-electron chi connectivity index (χ2n) is 7.56. The van der Waals surface area contributed by atoms with Crippen LogP contribution in [0.25, 0.3) is 0 Å². The maximum Gasteiger partial charge on any atom is 0.158 e. The van der Waals surface area contributed by atoms with Gasteiger partial charge in [-0.25, -0.2) is 4.39 Å². The molecule has 0 aliphatic heterocycles. The van der Waals surface area contributed by atoms with Crippen LogP contribution >= 0.6 is 0 Å². The molecule has 1 aliphatic rings. The molecule has 0 saturated carbocycles. The summed E-state index contributed by atoms with van der Waals surface area (Å²) >= 11 is 0. The number of hydrogen-bond acceptors (Lipinski definition) is 4. The van der Waals surface area contributed by atoms with Crippen LogP contribution in [0.5, 0.6) is 0 Å². The van der Waals surface area contributed by atoms with Crippen LogP contribution in [0.3, 0.4) is 0 Å². The number of halogens is 1. The Bertz CT molecular complexity index is 934. The molecule has 4 nitrogen and oxygen atoms in total. The maximum absolute atomic E-state index is 14.7. The van der Waals surface area contributed by atoms with Gasteiger partial charge in [-0.15, -0.1) is 0 Å². The lowest BCUT2D eigenvalue weighted by Gasteiger charge is -2.43. The highest BCUT2D eigenvalue weighted by Gasteiger charge is 2.49. The predicted molar refractivity (Wildman–Crippen MR) is 106 cm³/mol. The molecule has 0 amide bonds. The summed E-state index contributed by atoms with van der Waals surface area (Å²) in [7, 11) is 0. The molecule has 3 rings (SSSR count). The number of allylic oxidation sites excluding steroid dienone is 1. The Morgan fingerprint density at radius 2 is 1.68 bits per heavy atom. The predicted octanol–water partition coefficient (Wildman–Crippen LogP) is 4.22. The molecule has 0 radical (unpaired) electrons. The van der Waals surface area contributed by atoms with Crippen molar-refractivity contribution in [2.45, 2.75) is 38.7 Å². The summed E-state index contributed by atoms with van der Waals surface area (Å²) in [6, 6.07) is 15.4. The average Bonchev–Trinajstić information content (AvgIpc) is 2.61. The molecule has 0 unspecified atom stereocenters. The molecule has 2 aromatic rings. The molecular formula is C23H24FNO3. The lowest BCUT2D eigenvalue weighted by atomic mass is 9.63. The number of hydrogen-bond donors (Lipinski definition) is 2. The van der Waals surface area contributed by atoms with E-state index in [1.165, 1.54) is 19.9 Å². The van der Waals surface area contributed by atoms with Gasteiger partial charge >= 0.3 is 0 Å². The molecule has 3 atom stereocenters. The molecule has 0 heterocycles. The number of ketones is 2. The van der Waals surface area contributed by atoms with Gasteiger partial charge in [0.2, 0.25) is 0 Å². The fourth-order valence-corrected chi connectivity index (χ4v) is 4.25. The van der Waals surface area contributed by atoms with Gasteiger partial charge in [0.1, 0.15) is 11.6 Å². The highest BCUT2D eigenvalue weighted by Crippen LogP contribution is 2.48. The minimum atomic E-state index is -1.44. The molecule has 0 spiro atoms. The summed E-state index contributed by atoms with van der Waals surface area (Å²) in [5, 5.41) is 14.4. The Labute approximate surface area is 164 Å². The van der Waals surface area contributed by atoms with E-state index in [-0.39, 0.29) is 23.6 Å². The Balaban J connectivity index is 2.24. The molecule has 5 heteroatoms. The van der Waals surface area contributed by atoms with Crippen LogP contribution in [0.2, 0.25) is 0 Å². The lowest BCUT2D eigenvalue weighted by Crippen LogP contribution is -2.48. The highest BCUT2D eigenvalue weighted by molar-refractivity contribution is 5.98. The number of rotatable bonds is 5. The van der Waals surface area contributed by atoms with E-state index in [0.29, 0.717) is 11.3 Å². The van der Waals surface area contributed by atoms with E-state index in [9.17, 15) is 19.1 Å². The summed E-state index contributed by atoms with van der Waals surface area (Å²) < 4.78 is 14.7. The summed E-state index contributed by atoms with van der Waals surface area (Å²) in [6.45, 7) is 4.35. The number of carbonyl (C=O) groups excluding carboxylic acids is 2. The van der Waals surface area contributed by atoms with E-state index in [0.717, 1.165) is 5.69 Å². The molecule has 2 aromatic carbocycles. The first kappa shape index (κ1) is 20.0. The van der Waals surface area contributed by atoms with Crippen LogP contribution in [0.4, 0.5) is 10.1 Å². The fraction of sp³-hybridized carbons (Fsp3) is 0.304. The van der Waals surface area contributed by atoms with Gasteiger partial charge in [-0.2, -0.15) is 0 Å². The van der Waals surface area contributed by atoms with Crippen molar-refractivity contribution in [2.24, 2.45) is 5.92 Å². The quantitative estimate of drug-likeness (QED) is 0.814. The second-order valence-corrected chi connectivity index (χ2v) is 7.56. The molecule has 1 aliphatic carbocycles. The summed E-state index contributed by atoms with van der Waals surface area (Å²) in [5.74, 6) is -2.84. The number of aliphatic hydroxyl groups is 1. The van der Waals surface area contributed by atoms with Gasteiger partial charge in [0.05, 0.1) is 11.5 Å². The van der Waals surface area contributed by atoms with Gasteiger partial charge in [-0.3, -0.25) is 9.59 Å². The number of anilines is 1. The van der Waals surface area contributed by atoms with Crippen molar-refractivity contribution in [3.8, 4) is 0 Å². The third-order valence-corrected chi connectivity index (χ3v) is 5.30. The topological polar surface area (TPSA) is 66.4 Å². The smallest absolute Gasteiger partial charge is 0.158 e. The number of carbonyl (C=O) groups is 2. The summed E-state index contributed by atoms with van der Waals surface area (Å²) in [4.78, 5) is 25.2. The van der Waals surface area contributed by atoms with Gasteiger partial charge in [0, 0.05) is 29.3 Å². The molecule has 0 saturated heterocycles. The molecular weight excluding hydrogens is 357 g/mol. The minimum Gasteiger partial charge on any atom is -0.389 e.